The van der Waals surface area contributed by atoms with Crippen molar-refractivity contribution in [1.29, 1.82) is 0 Å². The molecule has 0 bridgehead atoms. The third kappa shape index (κ3) is 2.88. The number of nitrogens with zero attached hydrogens (tertiary/aromatic N) is 2. The standard InChI is InChI=1S/C15H20BrN3O/c1-9(17)15-10(2)18-19(11(15)3)8-12-7-13(20-4)5-6-14(12)16/h5-7,9H,8,17H2,1-4H3. The lowest BCUT2D eigenvalue weighted by molar-refractivity contribution is 0.414. The van der Waals surface area contributed by atoms with Crippen molar-refractivity contribution >= 4 is 15.9 Å². The van der Waals surface area contributed by atoms with Gasteiger partial charge in [-0.05, 0) is 44.5 Å². The molecule has 5 heteroatoms. The van der Waals surface area contributed by atoms with Crippen LogP contribution in [-0.2, 0) is 6.54 Å². The van der Waals surface area contributed by atoms with Crippen LogP contribution in [0.15, 0.2) is 22.7 Å². The largest absolute Gasteiger partial charge is 0.497 e. The lowest BCUT2D eigenvalue weighted by Crippen LogP contribution is -2.09. The fraction of sp³-hybridized carbons (Fsp3) is 0.400. The number of hydrogen-bond acceptors (Lipinski definition) is 3. The van der Waals surface area contributed by atoms with Gasteiger partial charge in [-0.2, -0.15) is 5.10 Å². The molecule has 0 aliphatic rings. The highest BCUT2D eigenvalue weighted by Gasteiger charge is 2.15. The number of benzene rings is 1. The Morgan fingerprint density at radius 2 is 2.10 bits per heavy atom. The van der Waals surface area contributed by atoms with Crippen LogP contribution in [-0.4, -0.2) is 16.9 Å². The molecular formula is C15H20BrN3O. The number of hydrogen-bond donors (Lipinski definition) is 1. The number of halogens is 1. The minimum atomic E-state index is -0.00231. The molecule has 0 radical (unpaired) electrons. The summed E-state index contributed by atoms with van der Waals surface area (Å²) in [5.74, 6) is 0.845. The van der Waals surface area contributed by atoms with Crippen molar-refractivity contribution in [1.82, 2.24) is 9.78 Å². The van der Waals surface area contributed by atoms with E-state index in [1.807, 2.05) is 36.7 Å². The van der Waals surface area contributed by atoms with Crippen LogP contribution in [0.25, 0.3) is 0 Å². The molecule has 0 saturated carbocycles. The molecule has 2 aromatic rings. The van der Waals surface area contributed by atoms with E-state index < -0.39 is 0 Å². The number of ether oxygens (including phenoxy) is 1. The van der Waals surface area contributed by atoms with Gasteiger partial charge in [0.25, 0.3) is 0 Å². The zero-order valence-electron chi connectivity index (χ0n) is 12.3. The third-order valence-electron chi connectivity index (χ3n) is 3.47. The lowest BCUT2D eigenvalue weighted by Gasteiger charge is -2.10. The second-order valence-corrected chi connectivity index (χ2v) is 5.84. The van der Waals surface area contributed by atoms with Crippen LogP contribution in [0.2, 0.25) is 0 Å². The summed E-state index contributed by atoms with van der Waals surface area (Å²) in [5.41, 5.74) is 10.4. The van der Waals surface area contributed by atoms with E-state index >= 15 is 0 Å². The van der Waals surface area contributed by atoms with E-state index in [1.165, 1.54) is 0 Å². The van der Waals surface area contributed by atoms with Crippen LogP contribution in [0.5, 0.6) is 5.75 Å². The Morgan fingerprint density at radius 3 is 2.65 bits per heavy atom. The number of methoxy groups -OCH3 is 1. The predicted molar refractivity (Wildman–Crippen MR) is 84.1 cm³/mol. The number of aromatic nitrogens is 2. The first-order chi connectivity index (χ1) is 9.43. The van der Waals surface area contributed by atoms with Crippen LogP contribution < -0.4 is 10.5 Å². The normalized spacial score (nSPS) is 12.5. The highest BCUT2D eigenvalue weighted by atomic mass is 79.9. The molecule has 1 atom stereocenters. The van der Waals surface area contributed by atoms with Crippen LogP contribution >= 0.6 is 15.9 Å². The molecule has 0 saturated heterocycles. The molecule has 1 heterocycles. The molecule has 0 aliphatic heterocycles. The fourth-order valence-electron chi connectivity index (χ4n) is 2.48. The third-order valence-corrected chi connectivity index (χ3v) is 4.24. The molecular weight excluding hydrogens is 318 g/mol. The Morgan fingerprint density at radius 1 is 1.40 bits per heavy atom. The highest BCUT2D eigenvalue weighted by Crippen LogP contribution is 2.25. The Kier molecular flexibility index (Phi) is 4.50. The van der Waals surface area contributed by atoms with E-state index in [4.69, 9.17) is 10.5 Å². The quantitative estimate of drug-likeness (QED) is 0.930. The van der Waals surface area contributed by atoms with Gasteiger partial charge in [-0.25, -0.2) is 0 Å². The second kappa shape index (κ2) is 5.97. The van der Waals surface area contributed by atoms with Gasteiger partial charge in [0.1, 0.15) is 5.75 Å². The van der Waals surface area contributed by atoms with Crippen molar-refractivity contribution in [2.45, 2.75) is 33.4 Å². The SMILES string of the molecule is COc1ccc(Br)c(Cn2nc(C)c(C(C)N)c2C)c1. The van der Waals surface area contributed by atoms with Crippen LogP contribution in [0.1, 0.15) is 35.5 Å². The molecule has 20 heavy (non-hydrogen) atoms. The number of aryl methyl sites for hydroxylation is 1. The average Bonchev–Trinajstić information content (AvgIpc) is 2.67. The van der Waals surface area contributed by atoms with Crippen LogP contribution in [0.3, 0.4) is 0 Å². The molecule has 2 rings (SSSR count). The van der Waals surface area contributed by atoms with E-state index in [0.717, 1.165) is 32.7 Å². The summed E-state index contributed by atoms with van der Waals surface area (Å²) >= 11 is 3.57. The van der Waals surface area contributed by atoms with Gasteiger partial charge in [0.2, 0.25) is 0 Å². The van der Waals surface area contributed by atoms with Crippen molar-refractivity contribution in [3.63, 3.8) is 0 Å². The fourth-order valence-corrected chi connectivity index (χ4v) is 2.86. The van der Waals surface area contributed by atoms with Crippen LogP contribution in [0.4, 0.5) is 0 Å². The maximum Gasteiger partial charge on any atom is 0.119 e. The Bertz CT molecular complexity index is 620. The minimum Gasteiger partial charge on any atom is -0.497 e. The number of rotatable bonds is 4. The molecule has 4 nitrogen and oxygen atoms in total. The molecule has 108 valence electrons. The average molecular weight is 338 g/mol. The van der Waals surface area contributed by atoms with Crippen molar-refractivity contribution in [2.24, 2.45) is 5.73 Å². The van der Waals surface area contributed by atoms with E-state index in [1.54, 1.807) is 7.11 Å². The molecule has 0 spiro atoms. The van der Waals surface area contributed by atoms with E-state index in [0.29, 0.717) is 6.54 Å². The molecule has 0 aliphatic carbocycles. The molecule has 0 fully saturated rings. The first-order valence-electron chi connectivity index (χ1n) is 6.56. The van der Waals surface area contributed by atoms with Crippen LogP contribution in [0, 0.1) is 13.8 Å². The van der Waals surface area contributed by atoms with Gasteiger partial charge in [-0.3, -0.25) is 4.68 Å². The van der Waals surface area contributed by atoms with Gasteiger partial charge >= 0.3 is 0 Å². The first kappa shape index (κ1) is 15.1. The van der Waals surface area contributed by atoms with Gasteiger partial charge in [0.15, 0.2) is 0 Å². The van der Waals surface area contributed by atoms with E-state index in [-0.39, 0.29) is 6.04 Å². The maximum absolute atomic E-state index is 6.02. The summed E-state index contributed by atoms with van der Waals surface area (Å²) in [6.45, 7) is 6.75. The molecule has 0 amide bonds. The Labute approximate surface area is 128 Å². The van der Waals surface area contributed by atoms with Crippen molar-refractivity contribution < 1.29 is 4.74 Å². The van der Waals surface area contributed by atoms with Crippen molar-refractivity contribution in [3.05, 3.63) is 45.2 Å². The van der Waals surface area contributed by atoms with Gasteiger partial charge in [-0.1, -0.05) is 15.9 Å². The summed E-state index contributed by atoms with van der Waals surface area (Å²) in [6.07, 6.45) is 0. The van der Waals surface area contributed by atoms with Gasteiger partial charge < -0.3 is 10.5 Å². The lowest BCUT2D eigenvalue weighted by atomic mass is 10.1. The maximum atomic E-state index is 6.02. The monoisotopic (exact) mass is 337 g/mol. The van der Waals surface area contributed by atoms with Crippen molar-refractivity contribution in [2.75, 3.05) is 7.11 Å². The van der Waals surface area contributed by atoms with Gasteiger partial charge in [-0.15, -0.1) is 0 Å². The Hall–Kier alpha value is -1.33. The highest BCUT2D eigenvalue weighted by molar-refractivity contribution is 9.10. The first-order valence-corrected chi connectivity index (χ1v) is 7.35. The van der Waals surface area contributed by atoms with E-state index in [2.05, 4.69) is 28.0 Å². The summed E-state index contributed by atoms with van der Waals surface area (Å²) < 4.78 is 8.32. The molecule has 1 aromatic carbocycles. The summed E-state index contributed by atoms with van der Waals surface area (Å²) in [7, 11) is 1.67. The summed E-state index contributed by atoms with van der Waals surface area (Å²) in [5, 5.41) is 4.60. The number of nitrogens with two attached hydrogens (primary N) is 1. The molecule has 1 aromatic heterocycles. The summed E-state index contributed by atoms with van der Waals surface area (Å²) in [6, 6.07) is 5.94. The van der Waals surface area contributed by atoms with E-state index in [9.17, 15) is 0 Å². The van der Waals surface area contributed by atoms with Crippen molar-refractivity contribution in [3.8, 4) is 5.75 Å². The Balaban J connectivity index is 2.38. The topological polar surface area (TPSA) is 53.1 Å². The van der Waals surface area contributed by atoms with Gasteiger partial charge in [0, 0.05) is 21.8 Å². The smallest absolute Gasteiger partial charge is 0.119 e. The van der Waals surface area contributed by atoms with Gasteiger partial charge in [0.05, 0.1) is 19.3 Å². The zero-order chi connectivity index (χ0) is 14.9. The second-order valence-electron chi connectivity index (χ2n) is 4.99. The summed E-state index contributed by atoms with van der Waals surface area (Å²) in [4.78, 5) is 0. The minimum absolute atomic E-state index is 0.00231. The molecule has 1 unspecified atom stereocenters. The molecule has 2 N–H and O–H groups in total. The zero-order valence-corrected chi connectivity index (χ0v) is 13.9. The predicted octanol–water partition coefficient (Wildman–Crippen LogP) is 3.34.